The van der Waals surface area contributed by atoms with E-state index >= 15 is 0 Å². The van der Waals surface area contributed by atoms with Gasteiger partial charge in [-0.15, -0.1) is 0 Å². The third-order valence-corrected chi connectivity index (χ3v) is 4.95. The number of hydrogen-bond acceptors (Lipinski definition) is 9. The number of aromatic nitrogens is 3. The summed E-state index contributed by atoms with van der Waals surface area (Å²) in [5.74, 6) is 0.573. The van der Waals surface area contributed by atoms with E-state index in [0.717, 1.165) is 15.2 Å². The molecule has 1 unspecified atom stereocenters. The van der Waals surface area contributed by atoms with Gasteiger partial charge in [-0.1, -0.05) is 5.16 Å². The molecule has 4 atom stereocenters. The first-order chi connectivity index (χ1) is 13.9. The molecule has 0 amide bonds. The maximum absolute atomic E-state index is 12.9. The van der Waals surface area contributed by atoms with Crippen LogP contribution in [-0.4, -0.2) is 61.6 Å². The standard InChI is InChI=1S/C18H19N3O8/c1-27-9-2-3-10-11(19-29-12(10)6-9)7-21-14(23)4-5-20(18(21)26)17-16(25)15(24)13(8-22)28-17/h2-6,13,15-17,22,24-25H,7-8H2,1H3/t13-,15+,16?,17-/m1/s1. The van der Waals surface area contributed by atoms with Crippen molar-refractivity contribution in [3.05, 3.63) is 57.0 Å². The summed E-state index contributed by atoms with van der Waals surface area (Å²) < 4.78 is 17.7. The maximum Gasteiger partial charge on any atom is 0.333 e. The highest BCUT2D eigenvalue weighted by Gasteiger charge is 2.43. The second-order valence-corrected chi connectivity index (χ2v) is 6.65. The van der Waals surface area contributed by atoms with Crippen molar-refractivity contribution < 1.29 is 29.3 Å². The Bertz CT molecular complexity index is 1150. The van der Waals surface area contributed by atoms with Crippen molar-refractivity contribution in [3.63, 3.8) is 0 Å². The SMILES string of the molecule is COc1ccc2c(Cn3c(=O)ccn([C@@H]4O[C@H](CO)[C@H](O)C4O)c3=O)noc2c1. The van der Waals surface area contributed by atoms with Gasteiger partial charge in [0.05, 0.1) is 20.3 Å². The molecule has 1 aliphatic heterocycles. The van der Waals surface area contributed by atoms with Crippen LogP contribution in [0.25, 0.3) is 11.0 Å². The molecule has 0 saturated carbocycles. The number of hydrogen-bond donors (Lipinski definition) is 3. The van der Waals surface area contributed by atoms with Crippen LogP contribution in [0.2, 0.25) is 0 Å². The molecule has 0 aliphatic carbocycles. The summed E-state index contributed by atoms with van der Waals surface area (Å²) in [6.07, 6.45) is -3.94. The third kappa shape index (κ3) is 3.23. The molecule has 0 bridgehead atoms. The minimum atomic E-state index is -1.45. The smallest absolute Gasteiger partial charge is 0.333 e. The van der Waals surface area contributed by atoms with Crippen molar-refractivity contribution in [2.75, 3.05) is 13.7 Å². The highest BCUT2D eigenvalue weighted by Crippen LogP contribution is 2.28. The van der Waals surface area contributed by atoms with E-state index in [9.17, 15) is 24.9 Å². The quantitative estimate of drug-likeness (QED) is 0.477. The Balaban J connectivity index is 1.72. The van der Waals surface area contributed by atoms with Gasteiger partial charge < -0.3 is 29.3 Å². The van der Waals surface area contributed by atoms with Crippen LogP contribution in [0.4, 0.5) is 0 Å². The Morgan fingerprint density at radius 3 is 2.69 bits per heavy atom. The van der Waals surface area contributed by atoms with Crippen molar-refractivity contribution in [3.8, 4) is 5.75 Å². The summed E-state index contributed by atoms with van der Waals surface area (Å²) >= 11 is 0. The second kappa shape index (κ2) is 7.44. The predicted molar refractivity (Wildman–Crippen MR) is 97.6 cm³/mol. The zero-order valence-corrected chi connectivity index (χ0v) is 15.3. The highest BCUT2D eigenvalue weighted by atomic mass is 16.6. The zero-order chi connectivity index (χ0) is 20.7. The lowest BCUT2D eigenvalue weighted by Gasteiger charge is -2.18. The topological polar surface area (TPSA) is 149 Å². The molecule has 0 spiro atoms. The lowest BCUT2D eigenvalue weighted by Crippen LogP contribution is -2.43. The monoisotopic (exact) mass is 405 g/mol. The summed E-state index contributed by atoms with van der Waals surface area (Å²) in [6.45, 7) is -0.704. The summed E-state index contributed by atoms with van der Waals surface area (Å²) in [6, 6.07) is 6.19. The third-order valence-electron chi connectivity index (χ3n) is 4.95. The Hall–Kier alpha value is -2.99. The van der Waals surface area contributed by atoms with E-state index in [0.29, 0.717) is 22.4 Å². The van der Waals surface area contributed by atoms with E-state index in [1.165, 1.54) is 13.3 Å². The molecule has 0 radical (unpaired) electrons. The molecule has 3 N–H and O–H groups in total. The van der Waals surface area contributed by atoms with Crippen LogP contribution in [0.15, 0.2) is 44.6 Å². The molecule has 2 aromatic heterocycles. The number of ether oxygens (including phenoxy) is 2. The molecule has 1 aromatic carbocycles. The fourth-order valence-corrected chi connectivity index (χ4v) is 3.34. The van der Waals surface area contributed by atoms with Gasteiger partial charge in [-0.25, -0.2) is 4.79 Å². The van der Waals surface area contributed by atoms with Crippen LogP contribution >= 0.6 is 0 Å². The van der Waals surface area contributed by atoms with Gasteiger partial charge >= 0.3 is 5.69 Å². The number of fused-ring (bicyclic) bond motifs is 1. The van der Waals surface area contributed by atoms with Gasteiger partial charge in [-0.2, -0.15) is 0 Å². The molecular formula is C18H19N3O8. The molecule has 1 saturated heterocycles. The number of aliphatic hydroxyl groups excluding tert-OH is 3. The van der Waals surface area contributed by atoms with Crippen molar-refractivity contribution >= 4 is 11.0 Å². The Morgan fingerprint density at radius 2 is 2.00 bits per heavy atom. The van der Waals surface area contributed by atoms with Gasteiger partial charge in [0.2, 0.25) is 0 Å². The van der Waals surface area contributed by atoms with Gasteiger partial charge in [0.15, 0.2) is 11.8 Å². The average molecular weight is 405 g/mol. The van der Waals surface area contributed by atoms with Crippen molar-refractivity contribution in [1.29, 1.82) is 0 Å². The van der Waals surface area contributed by atoms with Crippen LogP contribution in [0.3, 0.4) is 0 Å². The minimum absolute atomic E-state index is 0.174. The molecule has 4 rings (SSSR count). The van der Waals surface area contributed by atoms with Gasteiger partial charge in [-0.3, -0.25) is 13.9 Å². The highest BCUT2D eigenvalue weighted by molar-refractivity contribution is 5.80. The lowest BCUT2D eigenvalue weighted by atomic mass is 10.1. The van der Waals surface area contributed by atoms with Crippen molar-refractivity contribution in [2.24, 2.45) is 0 Å². The minimum Gasteiger partial charge on any atom is -0.497 e. The molecular weight excluding hydrogens is 386 g/mol. The summed E-state index contributed by atoms with van der Waals surface area (Å²) in [5, 5.41) is 33.9. The molecule has 154 valence electrons. The van der Waals surface area contributed by atoms with E-state index in [1.54, 1.807) is 18.2 Å². The van der Waals surface area contributed by atoms with E-state index in [4.69, 9.17) is 14.0 Å². The Labute approximate surface area is 162 Å². The van der Waals surface area contributed by atoms with Crippen LogP contribution in [0, 0.1) is 0 Å². The first-order valence-corrected chi connectivity index (χ1v) is 8.81. The fourth-order valence-electron chi connectivity index (χ4n) is 3.34. The molecule has 11 heteroatoms. The van der Waals surface area contributed by atoms with E-state index in [1.807, 2.05) is 0 Å². The molecule has 1 fully saturated rings. The normalized spacial score (nSPS) is 24.3. The second-order valence-electron chi connectivity index (χ2n) is 6.65. The first kappa shape index (κ1) is 19.3. The van der Waals surface area contributed by atoms with Gasteiger partial charge in [0.25, 0.3) is 5.56 Å². The van der Waals surface area contributed by atoms with Gasteiger partial charge in [0.1, 0.15) is 29.8 Å². The number of nitrogens with zero attached hydrogens (tertiary/aromatic N) is 3. The van der Waals surface area contributed by atoms with E-state index < -0.39 is 42.4 Å². The van der Waals surface area contributed by atoms with Crippen LogP contribution in [-0.2, 0) is 11.3 Å². The average Bonchev–Trinajstić information content (AvgIpc) is 3.26. The van der Waals surface area contributed by atoms with E-state index in [2.05, 4.69) is 5.16 Å². The number of aliphatic hydroxyl groups is 3. The molecule has 29 heavy (non-hydrogen) atoms. The Morgan fingerprint density at radius 1 is 1.21 bits per heavy atom. The zero-order valence-electron chi connectivity index (χ0n) is 15.3. The first-order valence-electron chi connectivity index (χ1n) is 8.81. The van der Waals surface area contributed by atoms with Crippen LogP contribution in [0.1, 0.15) is 11.9 Å². The maximum atomic E-state index is 12.9. The van der Waals surface area contributed by atoms with Crippen LogP contribution < -0.4 is 16.0 Å². The number of rotatable bonds is 5. The van der Waals surface area contributed by atoms with Crippen molar-refractivity contribution in [2.45, 2.75) is 31.1 Å². The van der Waals surface area contributed by atoms with Gasteiger partial charge in [-0.05, 0) is 12.1 Å². The summed E-state index contributed by atoms with van der Waals surface area (Å²) in [4.78, 5) is 25.2. The van der Waals surface area contributed by atoms with Crippen LogP contribution in [0.5, 0.6) is 5.75 Å². The molecule has 3 aromatic rings. The largest absolute Gasteiger partial charge is 0.497 e. The molecule has 11 nitrogen and oxygen atoms in total. The predicted octanol–water partition coefficient (Wildman–Crippen LogP) is -1.18. The fraction of sp³-hybridized carbons (Fsp3) is 0.389. The number of benzene rings is 1. The van der Waals surface area contributed by atoms with Crippen molar-refractivity contribution in [1.82, 2.24) is 14.3 Å². The molecule has 1 aliphatic rings. The number of methoxy groups -OCH3 is 1. The molecule has 3 heterocycles. The summed E-state index contributed by atoms with van der Waals surface area (Å²) in [7, 11) is 1.52. The van der Waals surface area contributed by atoms with E-state index in [-0.39, 0.29) is 6.54 Å². The van der Waals surface area contributed by atoms with Gasteiger partial charge in [0, 0.05) is 23.7 Å². The lowest BCUT2D eigenvalue weighted by molar-refractivity contribution is -0.0555. The summed E-state index contributed by atoms with van der Waals surface area (Å²) in [5.41, 5.74) is -0.549. The Kier molecular flexibility index (Phi) is 4.96.